The number of alkyl halides is 2. The van der Waals surface area contributed by atoms with Crippen molar-refractivity contribution in [2.75, 3.05) is 23.7 Å². The molecule has 10 heteroatoms. The highest BCUT2D eigenvalue weighted by Gasteiger charge is 2.22. The van der Waals surface area contributed by atoms with Gasteiger partial charge in [-0.3, -0.25) is 4.98 Å². The van der Waals surface area contributed by atoms with Gasteiger partial charge >= 0.3 is 0 Å². The zero-order valence-electron chi connectivity index (χ0n) is 20.2. The normalized spacial score (nSPS) is 13.4. The molecule has 2 N–H and O–H groups in total. The van der Waals surface area contributed by atoms with Gasteiger partial charge in [0, 0.05) is 24.3 Å². The molecular formula is C27H25F3N6O. The fourth-order valence-electron chi connectivity index (χ4n) is 4.40. The molecular weight excluding hydrogens is 481 g/mol. The number of benzene rings is 1. The molecule has 37 heavy (non-hydrogen) atoms. The lowest BCUT2D eigenvalue weighted by molar-refractivity contribution is 0.146. The molecule has 0 saturated carbocycles. The minimum absolute atomic E-state index is 0.0692. The van der Waals surface area contributed by atoms with Gasteiger partial charge < -0.3 is 15.4 Å². The van der Waals surface area contributed by atoms with Gasteiger partial charge in [-0.15, -0.1) is 0 Å². The van der Waals surface area contributed by atoms with Gasteiger partial charge in [0.2, 0.25) is 11.8 Å². The van der Waals surface area contributed by atoms with Crippen LogP contribution in [0.3, 0.4) is 0 Å². The summed E-state index contributed by atoms with van der Waals surface area (Å²) in [6.45, 7) is 3.61. The minimum Gasteiger partial charge on any atom is -0.471 e. The number of aromatic nitrogens is 4. The van der Waals surface area contributed by atoms with E-state index in [1.165, 1.54) is 30.3 Å². The summed E-state index contributed by atoms with van der Waals surface area (Å²) in [7, 11) is 0. The van der Waals surface area contributed by atoms with E-state index in [-0.39, 0.29) is 24.1 Å². The van der Waals surface area contributed by atoms with E-state index in [9.17, 15) is 13.2 Å². The molecule has 5 rings (SSSR count). The molecule has 1 aliphatic rings. The van der Waals surface area contributed by atoms with Crippen molar-refractivity contribution < 1.29 is 17.9 Å². The van der Waals surface area contributed by atoms with E-state index < -0.39 is 12.2 Å². The number of aryl methyl sites for hydroxylation is 1. The maximum Gasteiger partial charge on any atom is 0.280 e. The van der Waals surface area contributed by atoms with E-state index >= 15 is 0 Å². The Morgan fingerprint density at radius 2 is 1.70 bits per heavy atom. The fraction of sp³-hybridized carbons (Fsp3) is 0.259. The van der Waals surface area contributed by atoms with Crippen molar-refractivity contribution in [1.82, 2.24) is 19.9 Å². The van der Waals surface area contributed by atoms with Crippen LogP contribution in [-0.4, -0.2) is 33.0 Å². The van der Waals surface area contributed by atoms with Crippen LogP contribution in [0.15, 0.2) is 54.6 Å². The van der Waals surface area contributed by atoms with Crippen molar-refractivity contribution in [2.45, 2.75) is 32.8 Å². The first-order chi connectivity index (χ1) is 17.9. The molecule has 3 aromatic heterocycles. The molecule has 0 amide bonds. The Hall–Kier alpha value is -4.21. The van der Waals surface area contributed by atoms with Crippen LogP contribution in [0.4, 0.5) is 24.9 Å². The molecule has 1 aromatic carbocycles. The first-order valence-corrected chi connectivity index (χ1v) is 11.9. The predicted molar refractivity (Wildman–Crippen MR) is 135 cm³/mol. The second-order valence-electron chi connectivity index (χ2n) is 8.81. The zero-order chi connectivity index (χ0) is 25.9. The van der Waals surface area contributed by atoms with Crippen LogP contribution in [0.2, 0.25) is 0 Å². The summed E-state index contributed by atoms with van der Waals surface area (Å²) in [6.07, 6.45) is -0.515. The number of nitrogen functional groups attached to an aromatic ring is 1. The average molecular weight is 507 g/mol. The van der Waals surface area contributed by atoms with Crippen LogP contribution >= 0.6 is 0 Å². The Kier molecular flexibility index (Phi) is 6.89. The van der Waals surface area contributed by atoms with Gasteiger partial charge in [0.05, 0.1) is 17.0 Å². The molecule has 4 heterocycles. The molecule has 0 atom stereocenters. The van der Waals surface area contributed by atoms with Crippen LogP contribution < -0.4 is 15.4 Å². The number of anilines is 2. The highest BCUT2D eigenvalue weighted by Crippen LogP contribution is 2.39. The predicted octanol–water partition coefficient (Wildman–Crippen LogP) is 5.75. The van der Waals surface area contributed by atoms with Crippen molar-refractivity contribution in [2.24, 2.45) is 0 Å². The third-order valence-electron chi connectivity index (χ3n) is 6.08. The molecule has 0 radical (unpaired) electrons. The maximum absolute atomic E-state index is 13.6. The minimum atomic E-state index is -2.77. The Balaban J connectivity index is 1.58. The van der Waals surface area contributed by atoms with Gasteiger partial charge in [0.15, 0.2) is 0 Å². The van der Waals surface area contributed by atoms with Crippen LogP contribution in [0, 0.1) is 12.7 Å². The van der Waals surface area contributed by atoms with E-state index in [1.54, 1.807) is 13.0 Å². The van der Waals surface area contributed by atoms with E-state index in [0.717, 1.165) is 31.7 Å². The zero-order valence-corrected chi connectivity index (χ0v) is 20.2. The standard InChI is InChI=1S/C27H25F3N6O/c1-16-13-18(14-21(32-16)25(29)30)23-24(17-7-9-19(28)10-8-17)34-27(31)35-26(23)37-15-20-5-4-6-22(33-20)36-11-2-3-12-36/h4-10,13-14,25H,2-3,11-12,15H2,1H3,(H2,31,34,35). The summed E-state index contributed by atoms with van der Waals surface area (Å²) in [5.41, 5.74) is 8.29. The van der Waals surface area contributed by atoms with Gasteiger partial charge in [-0.1, -0.05) is 6.07 Å². The molecule has 1 aliphatic heterocycles. The lowest BCUT2D eigenvalue weighted by Gasteiger charge is -2.18. The first-order valence-electron chi connectivity index (χ1n) is 11.9. The molecule has 0 aliphatic carbocycles. The summed E-state index contributed by atoms with van der Waals surface area (Å²) in [4.78, 5) is 19.5. The van der Waals surface area contributed by atoms with E-state index in [4.69, 9.17) is 15.5 Å². The molecule has 1 fully saturated rings. The van der Waals surface area contributed by atoms with Crippen molar-refractivity contribution in [3.8, 4) is 28.3 Å². The van der Waals surface area contributed by atoms with Crippen molar-refractivity contribution in [3.05, 3.63) is 77.5 Å². The van der Waals surface area contributed by atoms with Crippen LogP contribution in [0.5, 0.6) is 5.88 Å². The van der Waals surface area contributed by atoms with Crippen LogP contribution in [0.25, 0.3) is 22.4 Å². The monoisotopic (exact) mass is 506 g/mol. The first kappa shape index (κ1) is 24.5. The van der Waals surface area contributed by atoms with Crippen molar-refractivity contribution >= 4 is 11.8 Å². The van der Waals surface area contributed by atoms with Crippen molar-refractivity contribution in [1.29, 1.82) is 0 Å². The lowest BCUT2D eigenvalue weighted by Crippen LogP contribution is -2.19. The number of nitrogens with two attached hydrogens (primary N) is 1. The average Bonchev–Trinajstić information content (AvgIpc) is 3.42. The molecule has 0 bridgehead atoms. The molecule has 7 nitrogen and oxygen atoms in total. The Morgan fingerprint density at radius 1 is 0.946 bits per heavy atom. The van der Waals surface area contributed by atoms with Gasteiger partial charge in [-0.25, -0.2) is 23.1 Å². The highest BCUT2D eigenvalue weighted by atomic mass is 19.3. The summed E-state index contributed by atoms with van der Waals surface area (Å²) < 4.78 is 47.0. The van der Waals surface area contributed by atoms with Crippen molar-refractivity contribution in [3.63, 3.8) is 0 Å². The maximum atomic E-state index is 13.6. The third-order valence-corrected chi connectivity index (χ3v) is 6.08. The van der Waals surface area contributed by atoms with E-state index in [2.05, 4.69) is 19.9 Å². The third kappa shape index (κ3) is 5.47. The largest absolute Gasteiger partial charge is 0.471 e. The van der Waals surface area contributed by atoms with E-state index in [0.29, 0.717) is 33.8 Å². The van der Waals surface area contributed by atoms with Gasteiger partial charge in [0.1, 0.15) is 23.9 Å². The number of rotatable bonds is 7. The topological polar surface area (TPSA) is 90.0 Å². The summed E-state index contributed by atoms with van der Waals surface area (Å²) >= 11 is 0. The van der Waals surface area contributed by atoms with E-state index in [1.807, 2.05) is 18.2 Å². The van der Waals surface area contributed by atoms with Crippen LogP contribution in [0.1, 0.15) is 36.3 Å². The second kappa shape index (κ2) is 10.4. The number of ether oxygens (including phenoxy) is 1. The summed E-state index contributed by atoms with van der Waals surface area (Å²) in [5.74, 6) is 0.481. The van der Waals surface area contributed by atoms with Gasteiger partial charge in [-0.05, 0) is 73.9 Å². The SMILES string of the molecule is Cc1cc(-c2c(OCc3cccc(N4CCCC4)n3)nc(N)nc2-c2ccc(F)cc2)cc(C(F)F)n1. The number of halogens is 3. The Bertz CT molecular complexity index is 1410. The summed E-state index contributed by atoms with van der Waals surface area (Å²) in [6, 6.07) is 14.3. The molecule has 1 saturated heterocycles. The smallest absolute Gasteiger partial charge is 0.280 e. The lowest BCUT2D eigenvalue weighted by atomic mass is 9.99. The number of pyridine rings is 2. The highest BCUT2D eigenvalue weighted by molar-refractivity contribution is 5.85. The Morgan fingerprint density at radius 3 is 2.43 bits per heavy atom. The van der Waals surface area contributed by atoms with Gasteiger partial charge in [0.25, 0.3) is 6.43 Å². The second-order valence-corrected chi connectivity index (χ2v) is 8.81. The number of nitrogens with zero attached hydrogens (tertiary/aromatic N) is 5. The van der Waals surface area contributed by atoms with Gasteiger partial charge in [-0.2, -0.15) is 4.98 Å². The number of hydrogen-bond donors (Lipinski definition) is 1. The summed E-state index contributed by atoms with van der Waals surface area (Å²) in [5, 5.41) is 0. The molecule has 0 spiro atoms. The quantitative estimate of drug-likeness (QED) is 0.341. The van der Waals surface area contributed by atoms with Crippen LogP contribution in [-0.2, 0) is 6.61 Å². The molecule has 4 aromatic rings. The number of hydrogen-bond acceptors (Lipinski definition) is 7. The molecule has 190 valence electrons. The Labute approximate surface area is 212 Å². The molecule has 0 unspecified atom stereocenters. The fourth-order valence-corrected chi connectivity index (χ4v) is 4.40.